The molecular formula is C15H12LiNO. The van der Waals surface area contributed by atoms with Crippen molar-refractivity contribution in [1.82, 2.24) is 4.98 Å². The van der Waals surface area contributed by atoms with E-state index < -0.39 is 0 Å². The summed E-state index contributed by atoms with van der Waals surface area (Å²) in [5.41, 5.74) is 2.87. The number of phenols is 1. The first-order valence-corrected chi connectivity index (χ1v) is 5.48. The Bertz CT molecular complexity index is 668. The number of hydrogen-bond acceptors (Lipinski definition) is 2. The second-order valence-electron chi connectivity index (χ2n) is 3.90. The van der Waals surface area contributed by atoms with Gasteiger partial charge in [0, 0.05) is 11.6 Å². The maximum atomic E-state index is 9.78. The van der Waals surface area contributed by atoms with Crippen LogP contribution >= 0.6 is 0 Å². The molecule has 0 aliphatic rings. The van der Waals surface area contributed by atoms with Gasteiger partial charge in [0.2, 0.25) is 0 Å². The van der Waals surface area contributed by atoms with Crippen LogP contribution in [0.5, 0.6) is 5.75 Å². The monoisotopic (exact) mass is 229 g/mol. The Labute approximate surface area is 117 Å². The average Bonchev–Trinajstić information content (AvgIpc) is 2.40. The van der Waals surface area contributed by atoms with Crippen molar-refractivity contribution in [3.05, 3.63) is 60.8 Å². The first-order chi connectivity index (χ1) is 8.36. The summed E-state index contributed by atoms with van der Waals surface area (Å²) in [6.07, 6.45) is 1.73. The fraction of sp³-hybridized carbons (Fsp3) is 0. The molecule has 0 fully saturated rings. The molecule has 0 aliphatic carbocycles. The van der Waals surface area contributed by atoms with Crippen molar-refractivity contribution < 1.29 is 5.11 Å². The van der Waals surface area contributed by atoms with E-state index in [1.807, 2.05) is 36.4 Å². The molecule has 3 rings (SSSR count). The maximum absolute atomic E-state index is 9.78. The van der Waals surface area contributed by atoms with Crippen LogP contribution in [0.3, 0.4) is 0 Å². The van der Waals surface area contributed by atoms with Crippen LogP contribution in [0.2, 0.25) is 0 Å². The molecule has 0 atom stereocenters. The van der Waals surface area contributed by atoms with Crippen LogP contribution in [0.4, 0.5) is 0 Å². The molecule has 2 aromatic carbocycles. The molecule has 0 saturated heterocycles. The first-order valence-electron chi connectivity index (χ1n) is 5.48. The zero-order valence-electron chi connectivity index (χ0n) is 9.17. The molecule has 0 amide bonds. The van der Waals surface area contributed by atoms with Gasteiger partial charge in [0.15, 0.2) is 0 Å². The topological polar surface area (TPSA) is 33.1 Å². The van der Waals surface area contributed by atoms with Gasteiger partial charge in [0.05, 0.1) is 0 Å². The van der Waals surface area contributed by atoms with Gasteiger partial charge in [-0.05, 0) is 23.3 Å². The van der Waals surface area contributed by atoms with Crippen LogP contribution in [0.1, 0.15) is 0 Å². The van der Waals surface area contributed by atoms with E-state index in [4.69, 9.17) is 0 Å². The second-order valence-corrected chi connectivity index (χ2v) is 3.90. The molecule has 1 aromatic heterocycles. The van der Waals surface area contributed by atoms with Crippen molar-refractivity contribution >= 4 is 29.8 Å². The van der Waals surface area contributed by atoms with E-state index >= 15 is 0 Å². The third-order valence-corrected chi connectivity index (χ3v) is 2.83. The predicted molar refractivity (Wildman–Crippen MR) is 76.0 cm³/mol. The van der Waals surface area contributed by atoms with Gasteiger partial charge in [0.1, 0.15) is 11.3 Å². The summed E-state index contributed by atoms with van der Waals surface area (Å²) < 4.78 is 0. The molecule has 0 radical (unpaired) electrons. The Morgan fingerprint density at radius 1 is 0.833 bits per heavy atom. The molecule has 0 aliphatic heterocycles. The van der Waals surface area contributed by atoms with E-state index in [-0.39, 0.29) is 24.6 Å². The first kappa shape index (κ1) is 12.7. The number of aromatic hydroxyl groups is 1. The van der Waals surface area contributed by atoms with E-state index in [0.29, 0.717) is 5.52 Å². The number of para-hydroxylation sites is 1. The summed E-state index contributed by atoms with van der Waals surface area (Å²) in [4.78, 5) is 4.22. The summed E-state index contributed by atoms with van der Waals surface area (Å²) in [7, 11) is 0. The SMILES string of the molecule is Oc1cccc2c(-c3ccccc3)ccnc12.[LiH]. The van der Waals surface area contributed by atoms with Crippen LogP contribution in [0.25, 0.3) is 22.0 Å². The Hall–Kier alpha value is -1.75. The molecule has 3 heteroatoms. The summed E-state index contributed by atoms with van der Waals surface area (Å²) in [5.74, 6) is 0.222. The Balaban J connectivity index is 0.00000120. The number of rotatable bonds is 1. The molecule has 0 bridgehead atoms. The summed E-state index contributed by atoms with van der Waals surface area (Å²) in [6.45, 7) is 0. The van der Waals surface area contributed by atoms with Gasteiger partial charge in [-0.25, -0.2) is 0 Å². The van der Waals surface area contributed by atoms with Crippen LogP contribution in [0.15, 0.2) is 60.8 Å². The predicted octanol–water partition coefficient (Wildman–Crippen LogP) is 2.96. The fourth-order valence-electron chi connectivity index (χ4n) is 2.03. The quantitative estimate of drug-likeness (QED) is 0.651. The van der Waals surface area contributed by atoms with Crippen molar-refractivity contribution in [2.75, 3.05) is 0 Å². The summed E-state index contributed by atoms with van der Waals surface area (Å²) >= 11 is 0. The fourth-order valence-corrected chi connectivity index (χ4v) is 2.03. The third kappa shape index (κ3) is 2.13. The minimum atomic E-state index is 0. The molecule has 2 nitrogen and oxygen atoms in total. The molecule has 1 heterocycles. The normalized spacial score (nSPS) is 10.0. The van der Waals surface area contributed by atoms with Crippen molar-refractivity contribution in [2.24, 2.45) is 0 Å². The Kier molecular flexibility index (Phi) is 3.71. The van der Waals surface area contributed by atoms with Gasteiger partial charge < -0.3 is 5.11 Å². The van der Waals surface area contributed by atoms with E-state index in [9.17, 15) is 5.11 Å². The molecule has 3 aromatic rings. The van der Waals surface area contributed by atoms with Crippen LogP contribution in [-0.4, -0.2) is 29.0 Å². The summed E-state index contributed by atoms with van der Waals surface area (Å²) in [6, 6.07) is 17.5. The second kappa shape index (κ2) is 5.26. The van der Waals surface area contributed by atoms with Crippen LogP contribution in [0, 0.1) is 0 Å². The zero-order chi connectivity index (χ0) is 11.7. The number of hydrogen-bond donors (Lipinski definition) is 1. The molecular weight excluding hydrogens is 217 g/mol. The van der Waals surface area contributed by atoms with Gasteiger partial charge in [-0.2, -0.15) is 0 Å². The van der Waals surface area contributed by atoms with E-state index in [0.717, 1.165) is 16.5 Å². The van der Waals surface area contributed by atoms with Crippen molar-refractivity contribution in [2.45, 2.75) is 0 Å². The van der Waals surface area contributed by atoms with Crippen molar-refractivity contribution in [1.29, 1.82) is 0 Å². The molecule has 18 heavy (non-hydrogen) atoms. The van der Waals surface area contributed by atoms with Crippen molar-refractivity contribution in [3.8, 4) is 16.9 Å². The third-order valence-electron chi connectivity index (χ3n) is 2.83. The average molecular weight is 229 g/mol. The minimum absolute atomic E-state index is 0. The Morgan fingerprint density at radius 2 is 1.61 bits per heavy atom. The van der Waals surface area contributed by atoms with Crippen molar-refractivity contribution in [3.63, 3.8) is 0 Å². The van der Waals surface area contributed by atoms with Gasteiger partial charge in [-0.3, -0.25) is 4.98 Å². The van der Waals surface area contributed by atoms with Crippen LogP contribution < -0.4 is 0 Å². The van der Waals surface area contributed by atoms with Gasteiger partial charge in [0.25, 0.3) is 0 Å². The number of aromatic nitrogens is 1. The van der Waals surface area contributed by atoms with E-state index in [2.05, 4.69) is 17.1 Å². The molecule has 0 spiro atoms. The summed E-state index contributed by atoms with van der Waals surface area (Å²) in [5, 5.41) is 10.8. The number of benzene rings is 2. The molecule has 0 saturated carbocycles. The number of fused-ring (bicyclic) bond motifs is 1. The van der Waals surface area contributed by atoms with E-state index in [1.54, 1.807) is 12.3 Å². The van der Waals surface area contributed by atoms with Crippen LogP contribution in [-0.2, 0) is 0 Å². The van der Waals surface area contributed by atoms with Gasteiger partial charge >= 0.3 is 18.9 Å². The molecule has 84 valence electrons. The Morgan fingerprint density at radius 3 is 2.39 bits per heavy atom. The van der Waals surface area contributed by atoms with Gasteiger partial charge in [-0.15, -0.1) is 0 Å². The van der Waals surface area contributed by atoms with E-state index in [1.165, 1.54) is 0 Å². The number of nitrogens with zero attached hydrogens (tertiary/aromatic N) is 1. The van der Waals surface area contributed by atoms with Gasteiger partial charge in [-0.1, -0.05) is 42.5 Å². The molecule has 0 unspecified atom stereocenters. The molecule has 1 N–H and O–H groups in total. The number of phenolic OH excluding ortho intramolecular Hbond substituents is 1. The zero-order valence-corrected chi connectivity index (χ0v) is 9.17. The standard InChI is InChI=1S/C15H11NO.Li.H/c17-14-8-4-7-13-12(9-10-16-15(13)14)11-5-2-1-3-6-11;;/h1-10,17H;;. The number of pyridine rings is 1.